The van der Waals surface area contributed by atoms with Crippen molar-refractivity contribution in [3.63, 3.8) is 0 Å². The van der Waals surface area contributed by atoms with Gasteiger partial charge in [-0.25, -0.2) is 0 Å². The van der Waals surface area contributed by atoms with Crippen molar-refractivity contribution in [3.05, 3.63) is 108 Å². The summed E-state index contributed by atoms with van der Waals surface area (Å²) in [6.45, 7) is 0. The zero-order valence-corrected chi connectivity index (χ0v) is 17.0. The molecule has 0 unspecified atom stereocenters. The van der Waals surface area contributed by atoms with E-state index >= 15 is 0 Å². The number of benzene rings is 3. The van der Waals surface area contributed by atoms with Crippen molar-refractivity contribution in [1.29, 1.82) is 0 Å². The molecule has 136 valence electrons. The predicted molar refractivity (Wildman–Crippen MR) is 105 cm³/mol. The van der Waals surface area contributed by atoms with E-state index in [9.17, 15) is 0 Å². The number of hydrogen-bond acceptors (Lipinski definition) is 1. The molecule has 0 saturated carbocycles. The summed E-state index contributed by atoms with van der Waals surface area (Å²) in [7, 11) is 3.75. The van der Waals surface area contributed by atoms with Crippen molar-refractivity contribution in [2.24, 2.45) is 0 Å². The first kappa shape index (κ1) is 20.2. The molecule has 0 heterocycles. The van der Waals surface area contributed by atoms with Crippen LogP contribution in [0, 0.1) is 31.9 Å². The van der Waals surface area contributed by atoms with E-state index in [0.717, 1.165) is 0 Å². The second-order valence-electron chi connectivity index (χ2n) is 5.73. The van der Waals surface area contributed by atoms with Gasteiger partial charge in [0.1, 0.15) is 0 Å². The van der Waals surface area contributed by atoms with Crippen LogP contribution in [0.4, 0.5) is 0 Å². The molecule has 3 rings (SSSR count). The van der Waals surface area contributed by atoms with Crippen molar-refractivity contribution >= 4 is 0 Å². The van der Waals surface area contributed by atoms with Crippen LogP contribution >= 0.6 is 0 Å². The first-order valence-corrected chi connectivity index (χ1v) is 12.5. The minimum absolute atomic E-state index is 1.02. The quantitative estimate of drug-likeness (QED) is 0.485. The Labute approximate surface area is 165 Å². The first-order valence-electron chi connectivity index (χ1n) is 8.43. The van der Waals surface area contributed by atoms with Gasteiger partial charge in [-0.1, -0.05) is 0 Å². The van der Waals surface area contributed by atoms with Crippen molar-refractivity contribution in [3.8, 4) is 0 Å². The molecule has 0 aliphatic rings. The summed E-state index contributed by atoms with van der Waals surface area (Å²) in [5.74, 6) is 0. The average Bonchev–Trinajstić information content (AvgIpc) is 2.65. The Morgan fingerprint density at radius 2 is 0.760 bits per heavy atom. The summed E-state index contributed by atoms with van der Waals surface area (Å²) in [5, 5.41) is 2.75. The summed E-state index contributed by atoms with van der Waals surface area (Å²) < 4.78 is 3.83. The van der Waals surface area contributed by atoms with E-state index in [1.165, 1.54) is 24.2 Å². The van der Waals surface area contributed by atoms with E-state index in [4.69, 9.17) is 0 Å². The molecule has 0 aliphatic heterocycles. The molecule has 1 nitrogen and oxygen atoms in total. The summed E-state index contributed by atoms with van der Waals surface area (Å²) >= 11 is -1.02. The molecule has 0 fully saturated rings. The molecule has 0 amide bonds. The Morgan fingerprint density at radius 3 is 1.00 bits per heavy atom. The molecule has 25 heavy (non-hydrogen) atoms. The zero-order valence-electron chi connectivity index (χ0n) is 15.1. The fraction of sp³-hybridized carbons (Fsp3) is 0.217. The monoisotopic (exact) mass is 483 g/mol. The minimum atomic E-state index is -1.02. The van der Waals surface area contributed by atoms with Gasteiger partial charge in [-0.15, -0.1) is 0 Å². The third-order valence-electron chi connectivity index (χ3n) is 3.35. The van der Waals surface area contributed by atoms with Crippen molar-refractivity contribution in [1.82, 2.24) is 5.32 Å². The van der Waals surface area contributed by atoms with Gasteiger partial charge in [-0.2, -0.15) is 0 Å². The second kappa shape index (κ2) is 12.3. The molecule has 2 heteroatoms. The Hall–Kier alpha value is -1.12. The van der Waals surface area contributed by atoms with Gasteiger partial charge in [-0.3, -0.25) is 0 Å². The van der Waals surface area contributed by atoms with Crippen LogP contribution in [-0.2, 0) is 7.55 Å². The fourth-order valence-electron chi connectivity index (χ4n) is 2.28. The topological polar surface area (TPSA) is 12.0 Å². The van der Waals surface area contributed by atoms with E-state index in [1.54, 1.807) is 0 Å². The maximum absolute atomic E-state index is 2.75. The molecule has 3 aromatic rings. The van der Waals surface area contributed by atoms with E-state index in [2.05, 4.69) is 96.3 Å². The molecule has 0 radical (unpaired) electrons. The molecular weight excluding hydrogens is 455 g/mol. The van der Waals surface area contributed by atoms with E-state index in [0.29, 0.717) is 0 Å². The van der Waals surface area contributed by atoms with Crippen LogP contribution in [-0.4, -0.2) is 14.1 Å². The van der Waals surface area contributed by atoms with Crippen molar-refractivity contribution in [2.45, 2.75) is 7.55 Å². The summed E-state index contributed by atoms with van der Waals surface area (Å²) in [4.78, 5) is 0. The summed E-state index contributed by atoms with van der Waals surface area (Å²) in [5.41, 5.74) is 4.49. The van der Waals surface area contributed by atoms with Gasteiger partial charge in [0.2, 0.25) is 0 Å². The standard InChI is InChI=1S/3C7H7.C2H7N.Ho/c3*1-7-5-3-2-4-6-7;1-3-2;/h3*2-6H,1H2;3H,1-2H3;. The molecule has 1 N–H and O–H groups in total. The molecule has 0 spiro atoms. The average molecular weight is 483 g/mol. The Kier molecular flexibility index (Phi) is 9.91. The van der Waals surface area contributed by atoms with Gasteiger partial charge < -0.3 is 5.32 Å². The Morgan fingerprint density at radius 1 is 0.520 bits per heavy atom. The van der Waals surface area contributed by atoms with Crippen molar-refractivity contribution in [2.75, 3.05) is 14.1 Å². The third kappa shape index (κ3) is 8.20. The number of nitrogens with one attached hydrogen (secondary N) is 1. The fourth-order valence-corrected chi connectivity index (χ4v) is 7.73. The van der Waals surface area contributed by atoms with Gasteiger partial charge in [-0.05, 0) is 14.1 Å². The maximum atomic E-state index is 2.75. The Balaban J connectivity index is 0.000000701. The molecular formula is C23H28HoN. The molecule has 3 aromatic carbocycles. The van der Waals surface area contributed by atoms with Gasteiger partial charge in [0.25, 0.3) is 0 Å². The molecule has 0 saturated heterocycles. The van der Waals surface area contributed by atoms with E-state index in [1.807, 2.05) is 14.1 Å². The summed E-state index contributed by atoms with van der Waals surface area (Å²) in [6, 6.07) is 32.9. The molecule has 0 aromatic heterocycles. The van der Waals surface area contributed by atoms with Crippen LogP contribution in [0.2, 0.25) is 0 Å². The second-order valence-corrected chi connectivity index (χ2v) is 10.7. The first-order chi connectivity index (χ1) is 12.3. The SMILES string of the molecule is CNC.c1ccc([CH2][Ho]([CH2]c2ccccc2)[CH2]c2ccccc2)cc1. The van der Waals surface area contributed by atoms with Crippen LogP contribution in [0.1, 0.15) is 16.7 Å². The normalized spacial score (nSPS) is 10.6. The van der Waals surface area contributed by atoms with Gasteiger partial charge in [0.15, 0.2) is 0 Å². The van der Waals surface area contributed by atoms with Crippen LogP contribution in [0.15, 0.2) is 91.0 Å². The van der Waals surface area contributed by atoms with Gasteiger partial charge in [0.05, 0.1) is 0 Å². The van der Waals surface area contributed by atoms with Crippen molar-refractivity contribution < 1.29 is 31.9 Å². The molecule has 0 aliphatic carbocycles. The Bertz CT molecular complexity index is 584. The molecule has 0 bridgehead atoms. The van der Waals surface area contributed by atoms with Crippen LogP contribution < -0.4 is 5.32 Å². The van der Waals surface area contributed by atoms with Gasteiger partial charge in [0, 0.05) is 0 Å². The number of hydrogen-bond donors (Lipinski definition) is 1. The van der Waals surface area contributed by atoms with Crippen LogP contribution in [0.3, 0.4) is 0 Å². The predicted octanol–water partition coefficient (Wildman–Crippen LogP) is 5.04. The number of rotatable bonds is 6. The third-order valence-corrected chi connectivity index (χ3v) is 8.62. The van der Waals surface area contributed by atoms with E-state index < -0.39 is 31.9 Å². The zero-order chi connectivity index (χ0) is 17.7. The van der Waals surface area contributed by atoms with Crippen LogP contribution in [0.25, 0.3) is 0 Å². The summed E-state index contributed by atoms with van der Waals surface area (Å²) in [6.07, 6.45) is 0. The van der Waals surface area contributed by atoms with E-state index in [-0.39, 0.29) is 0 Å². The molecule has 0 atom stereocenters. The van der Waals surface area contributed by atoms with Gasteiger partial charge >= 0.3 is 147 Å². The van der Waals surface area contributed by atoms with Crippen LogP contribution in [0.5, 0.6) is 0 Å².